The largest absolute Gasteiger partial charge is 0.493 e. The van der Waals surface area contributed by atoms with Gasteiger partial charge in [0.25, 0.3) is 6.47 Å². The molecule has 2 fully saturated rings. The van der Waals surface area contributed by atoms with Crippen LogP contribution in [0.3, 0.4) is 0 Å². The van der Waals surface area contributed by atoms with Crippen molar-refractivity contribution in [2.24, 2.45) is 5.92 Å². The SMILES string of the molecule is CC(C)(C)OC(=O)c1cc(C2CC2)c(OC[C@@H]2CCCNC2)cc1F.CC(C)(C)OC=O. The van der Waals surface area contributed by atoms with Gasteiger partial charge in [-0.1, -0.05) is 0 Å². The number of ether oxygens (including phenoxy) is 3. The van der Waals surface area contributed by atoms with Crippen LogP contribution in [0.25, 0.3) is 0 Å². The monoisotopic (exact) mass is 451 g/mol. The van der Waals surface area contributed by atoms with Crippen LogP contribution >= 0.6 is 0 Å². The minimum Gasteiger partial charge on any atom is -0.493 e. The molecule has 1 N–H and O–H groups in total. The van der Waals surface area contributed by atoms with Gasteiger partial charge in [-0.15, -0.1) is 0 Å². The zero-order valence-corrected chi connectivity index (χ0v) is 20.3. The van der Waals surface area contributed by atoms with E-state index in [2.05, 4.69) is 10.1 Å². The minimum atomic E-state index is -0.646. The van der Waals surface area contributed by atoms with Crippen LogP contribution in [-0.4, -0.2) is 43.3 Å². The number of esters is 1. The molecule has 1 atom stereocenters. The number of benzene rings is 1. The molecular weight excluding hydrogens is 413 g/mol. The Kier molecular flexibility index (Phi) is 9.08. The summed E-state index contributed by atoms with van der Waals surface area (Å²) in [6.07, 6.45) is 4.39. The lowest BCUT2D eigenvalue weighted by molar-refractivity contribution is -0.138. The zero-order chi connectivity index (χ0) is 23.9. The van der Waals surface area contributed by atoms with Gasteiger partial charge in [-0.3, -0.25) is 4.79 Å². The van der Waals surface area contributed by atoms with Gasteiger partial charge in [0, 0.05) is 18.5 Å². The molecular formula is C25H38FNO5. The highest BCUT2D eigenvalue weighted by molar-refractivity contribution is 5.90. The van der Waals surface area contributed by atoms with Crippen molar-refractivity contribution >= 4 is 12.4 Å². The molecule has 6 nitrogen and oxygen atoms in total. The summed E-state index contributed by atoms with van der Waals surface area (Å²) in [5, 5.41) is 3.36. The molecule has 1 heterocycles. The lowest BCUT2D eigenvalue weighted by Gasteiger charge is -2.24. The number of piperidine rings is 1. The summed E-state index contributed by atoms with van der Waals surface area (Å²) in [4.78, 5) is 21.9. The quantitative estimate of drug-likeness (QED) is 0.485. The number of rotatable bonds is 6. The second kappa shape index (κ2) is 11.1. The Hall–Kier alpha value is -2.15. The summed E-state index contributed by atoms with van der Waals surface area (Å²) < 4.78 is 30.3. The lowest BCUT2D eigenvalue weighted by atomic mass is 10.0. The number of hydrogen-bond donors (Lipinski definition) is 1. The normalized spacial score (nSPS) is 18.8. The van der Waals surface area contributed by atoms with Gasteiger partial charge < -0.3 is 19.5 Å². The average Bonchev–Trinajstić information content (AvgIpc) is 3.50. The Bertz CT molecular complexity index is 772. The van der Waals surface area contributed by atoms with Crippen LogP contribution in [0, 0.1) is 11.7 Å². The van der Waals surface area contributed by atoms with E-state index < -0.39 is 17.4 Å². The van der Waals surface area contributed by atoms with E-state index in [1.165, 1.54) is 6.07 Å². The molecule has 3 rings (SSSR count). The molecule has 0 unspecified atom stereocenters. The number of hydrogen-bond acceptors (Lipinski definition) is 6. The van der Waals surface area contributed by atoms with Crippen LogP contribution in [0.15, 0.2) is 12.1 Å². The molecule has 2 aliphatic rings. The summed E-state index contributed by atoms with van der Waals surface area (Å²) >= 11 is 0. The highest BCUT2D eigenvalue weighted by Crippen LogP contribution is 2.45. The van der Waals surface area contributed by atoms with Crippen molar-refractivity contribution < 1.29 is 28.2 Å². The van der Waals surface area contributed by atoms with E-state index in [4.69, 9.17) is 9.47 Å². The molecule has 0 bridgehead atoms. The predicted octanol–water partition coefficient (Wildman–Crippen LogP) is 4.99. The van der Waals surface area contributed by atoms with E-state index in [9.17, 15) is 14.0 Å². The third kappa shape index (κ3) is 9.15. The van der Waals surface area contributed by atoms with Crippen LogP contribution in [-0.2, 0) is 14.3 Å². The molecule has 180 valence electrons. The van der Waals surface area contributed by atoms with Gasteiger partial charge in [-0.2, -0.15) is 0 Å². The predicted molar refractivity (Wildman–Crippen MR) is 122 cm³/mol. The van der Waals surface area contributed by atoms with Crippen LogP contribution in [0.1, 0.15) is 89.1 Å². The number of nitrogens with one attached hydrogen (secondary N) is 1. The first-order chi connectivity index (χ1) is 14.9. The van der Waals surface area contributed by atoms with E-state index in [1.807, 2.05) is 20.8 Å². The second-order valence-electron chi connectivity index (χ2n) is 10.5. The molecule has 1 saturated heterocycles. The standard InChI is InChI=1S/C20H28FNO3.C5H10O2/c1-20(2,3)25-19(23)16-9-15(14-6-7-14)18(10-17(16)21)24-12-13-5-4-8-22-11-13;1-5(2,3)7-4-6/h9-10,13-14,22H,4-8,11-12H2,1-3H3;4H,1-3H3/t13-;/m1./s1. The molecule has 1 aliphatic carbocycles. The summed E-state index contributed by atoms with van der Waals surface area (Å²) in [5.41, 5.74) is -0.0247. The molecule has 32 heavy (non-hydrogen) atoms. The molecule has 1 aromatic rings. The van der Waals surface area contributed by atoms with Gasteiger partial charge in [0.1, 0.15) is 22.8 Å². The Morgan fingerprint density at radius 1 is 1.12 bits per heavy atom. The Morgan fingerprint density at radius 3 is 2.28 bits per heavy atom. The average molecular weight is 452 g/mol. The van der Waals surface area contributed by atoms with E-state index in [0.29, 0.717) is 30.7 Å². The molecule has 0 spiro atoms. The van der Waals surface area contributed by atoms with Crippen molar-refractivity contribution in [1.82, 2.24) is 5.32 Å². The third-order valence-corrected chi connectivity index (χ3v) is 5.01. The Morgan fingerprint density at radius 2 is 1.81 bits per heavy atom. The molecule has 0 aromatic heterocycles. The van der Waals surface area contributed by atoms with Crippen LogP contribution in [0.4, 0.5) is 4.39 Å². The fourth-order valence-corrected chi connectivity index (χ4v) is 3.32. The van der Waals surface area contributed by atoms with Crippen molar-refractivity contribution in [1.29, 1.82) is 0 Å². The fourth-order valence-electron chi connectivity index (χ4n) is 3.32. The van der Waals surface area contributed by atoms with Crippen LogP contribution in [0.5, 0.6) is 5.75 Å². The number of carbonyl (C=O) groups excluding carboxylic acids is 2. The van der Waals surface area contributed by atoms with Crippen molar-refractivity contribution in [3.8, 4) is 5.75 Å². The smallest absolute Gasteiger partial charge is 0.341 e. The van der Waals surface area contributed by atoms with Crippen molar-refractivity contribution in [2.75, 3.05) is 19.7 Å². The van der Waals surface area contributed by atoms with Crippen molar-refractivity contribution in [2.45, 2.75) is 84.3 Å². The zero-order valence-electron chi connectivity index (χ0n) is 20.3. The number of halogens is 1. The minimum absolute atomic E-state index is 0.00325. The highest BCUT2D eigenvalue weighted by Gasteiger charge is 2.31. The molecule has 1 aliphatic heterocycles. The Labute approximate surface area is 191 Å². The summed E-state index contributed by atoms with van der Waals surface area (Å²) in [6.45, 7) is 13.8. The summed E-state index contributed by atoms with van der Waals surface area (Å²) in [7, 11) is 0. The maximum atomic E-state index is 14.5. The molecule has 0 radical (unpaired) electrons. The van der Waals surface area contributed by atoms with Gasteiger partial charge in [-0.25, -0.2) is 9.18 Å². The molecule has 0 amide bonds. The maximum Gasteiger partial charge on any atom is 0.341 e. The van der Waals surface area contributed by atoms with Crippen molar-refractivity contribution in [3.63, 3.8) is 0 Å². The molecule has 1 aromatic carbocycles. The fraction of sp³-hybridized carbons (Fsp3) is 0.680. The van der Waals surface area contributed by atoms with Gasteiger partial charge in [0.05, 0.1) is 12.2 Å². The van der Waals surface area contributed by atoms with Crippen molar-refractivity contribution in [3.05, 3.63) is 29.1 Å². The summed E-state index contributed by atoms with van der Waals surface area (Å²) in [6, 6.07) is 3.00. The van der Waals surface area contributed by atoms with E-state index >= 15 is 0 Å². The second-order valence-corrected chi connectivity index (χ2v) is 10.5. The first-order valence-electron chi connectivity index (χ1n) is 11.4. The van der Waals surface area contributed by atoms with Gasteiger partial charge >= 0.3 is 5.97 Å². The van der Waals surface area contributed by atoms with Crippen LogP contribution in [0.2, 0.25) is 0 Å². The highest BCUT2D eigenvalue weighted by atomic mass is 19.1. The number of carbonyl (C=O) groups is 2. The summed E-state index contributed by atoms with van der Waals surface area (Å²) in [5.74, 6) is 0.207. The van der Waals surface area contributed by atoms with Gasteiger partial charge in [0.15, 0.2) is 0 Å². The van der Waals surface area contributed by atoms with Gasteiger partial charge in [0.2, 0.25) is 0 Å². The molecule has 7 heteroatoms. The lowest BCUT2D eigenvalue weighted by Crippen LogP contribution is -2.33. The van der Waals surface area contributed by atoms with Crippen LogP contribution < -0.4 is 10.1 Å². The Balaban J connectivity index is 0.000000451. The van der Waals surface area contributed by atoms with E-state index in [0.717, 1.165) is 44.3 Å². The first-order valence-corrected chi connectivity index (χ1v) is 11.4. The maximum absolute atomic E-state index is 14.5. The molecule has 1 saturated carbocycles. The third-order valence-electron chi connectivity index (χ3n) is 5.01. The first kappa shape index (κ1) is 26.1. The van der Waals surface area contributed by atoms with Gasteiger partial charge in [-0.05, 0) is 91.3 Å². The van der Waals surface area contributed by atoms with E-state index in [1.54, 1.807) is 26.8 Å². The van der Waals surface area contributed by atoms with E-state index in [-0.39, 0.29) is 11.2 Å². The topological polar surface area (TPSA) is 73.9 Å².